The summed E-state index contributed by atoms with van der Waals surface area (Å²) in [6, 6.07) is 0. The third-order valence-corrected chi connectivity index (χ3v) is 0.990. The van der Waals surface area contributed by atoms with Gasteiger partial charge in [-0.25, -0.2) is 8.78 Å². The third kappa shape index (κ3) is 0.982. The van der Waals surface area contributed by atoms with Crippen LogP contribution in [0.3, 0.4) is 0 Å². The Morgan fingerprint density at radius 2 is 2.30 bits per heavy atom. The van der Waals surface area contributed by atoms with E-state index in [1.54, 1.807) is 0 Å². The zero-order valence-electron chi connectivity index (χ0n) is 4.88. The fraction of sp³-hybridized carbons (Fsp3) is 0.167. The first-order chi connectivity index (χ1) is 4.75. The van der Waals surface area contributed by atoms with Crippen LogP contribution in [0.4, 0.5) is 8.78 Å². The lowest BCUT2D eigenvalue weighted by molar-refractivity contribution is 0.226. The molecule has 0 aromatic rings. The van der Waals surface area contributed by atoms with Crippen molar-refractivity contribution >= 4 is 5.71 Å². The Morgan fingerprint density at radius 1 is 1.60 bits per heavy atom. The summed E-state index contributed by atoms with van der Waals surface area (Å²) in [5.74, 6) is 2.05. The van der Waals surface area contributed by atoms with Gasteiger partial charge in [-0.05, 0) is 0 Å². The molecule has 1 heterocycles. The number of rotatable bonds is 1. The number of halogens is 2. The smallest absolute Gasteiger partial charge is 0.203 e. The largest absolute Gasteiger partial charge is 0.283 e. The lowest BCUT2D eigenvalue weighted by Crippen LogP contribution is -2.09. The summed E-state index contributed by atoms with van der Waals surface area (Å²) >= 11 is 0. The summed E-state index contributed by atoms with van der Waals surface area (Å²) in [4.78, 5) is 0. The molecule has 0 N–H and O–H groups in total. The van der Waals surface area contributed by atoms with Crippen LogP contribution in [0.5, 0.6) is 0 Å². The van der Waals surface area contributed by atoms with Crippen LogP contribution in [0.25, 0.3) is 0 Å². The van der Waals surface area contributed by atoms with Crippen LogP contribution in [0.15, 0.2) is 16.9 Å². The van der Waals surface area contributed by atoms with E-state index in [-0.39, 0.29) is 5.57 Å². The van der Waals surface area contributed by atoms with Gasteiger partial charge in [-0.2, -0.15) is 5.43 Å². The number of nitrogens with zero attached hydrogens (tertiary/aromatic N) is 2. The Bertz CT molecular complexity index is 235. The highest BCUT2D eigenvalue weighted by Crippen LogP contribution is 2.10. The first kappa shape index (κ1) is 6.75. The van der Waals surface area contributed by atoms with Crippen LogP contribution in [0.2, 0.25) is 0 Å². The highest BCUT2D eigenvalue weighted by Gasteiger charge is 2.20. The lowest BCUT2D eigenvalue weighted by Gasteiger charge is -1.94. The molecule has 0 saturated carbocycles. The van der Waals surface area contributed by atoms with Gasteiger partial charge in [0.15, 0.2) is 0 Å². The molecule has 10 heavy (non-hydrogen) atoms. The van der Waals surface area contributed by atoms with Gasteiger partial charge in [0.05, 0.1) is 11.8 Å². The molecular formula is C6H3F2N2. The third-order valence-electron chi connectivity index (χ3n) is 0.990. The predicted molar refractivity (Wildman–Crippen MR) is 32.5 cm³/mol. The van der Waals surface area contributed by atoms with Crippen molar-refractivity contribution in [3.05, 3.63) is 11.8 Å². The Morgan fingerprint density at radius 3 is 2.70 bits per heavy atom. The Hall–Kier alpha value is -1.37. The molecule has 4 heteroatoms. The number of alkyl halides is 2. The van der Waals surface area contributed by atoms with Crippen LogP contribution in [0, 0.1) is 12.3 Å². The maximum Gasteiger partial charge on any atom is 0.283 e. The quantitative estimate of drug-likeness (QED) is 0.481. The van der Waals surface area contributed by atoms with E-state index in [2.05, 4.69) is 16.4 Å². The molecule has 0 fully saturated rings. The molecular weight excluding hydrogens is 138 g/mol. The van der Waals surface area contributed by atoms with Gasteiger partial charge < -0.3 is 0 Å². The first-order valence-electron chi connectivity index (χ1n) is 2.48. The molecule has 0 saturated heterocycles. The molecule has 0 amide bonds. The Balaban J connectivity index is 2.82. The summed E-state index contributed by atoms with van der Waals surface area (Å²) in [6.07, 6.45) is 3.38. The number of allylic oxidation sites excluding steroid dienone is 1. The second kappa shape index (κ2) is 2.48. The van der Waals surface area contributed by atoms with Crippen LogP contribution in [-0.2, 0) is 0 Å². The van der Waals surface area contributed by atoms with E-state index >= 15 is 0 Å². The molecule has 2 nitrogen and oxygen atoms in total. The lowest BCUT2D eigenvalue weighted by atomic mass is 10.2. The minimum absolute atomic E-state index is 0.0648. The molecule has 1 radical (unpaired) electrons. The molecule has 0 spiro atoms. The van der Waals surface area contributed by atoms with Crippen molar-refractivity contribution in [2.24, 2.45) is 5.10 Å². The molecule has 0 aliphatic carbocycles. The van der Waals surface area contributed by atoms with E-state index in [1.807, 2.05) is 0 Å². The Kier molecular flexibility index (Phi) is 1.67. The minimum atomic E-state index is -2.63. The van der Waals surface area contributed by atoms with Gasteiger partial charge in [0, 0.05) is 0 Å². The van der Waals surface area contributed by atoms with Crippen LogP contribution >= 0.6 is 0 Å². The molecule has 1 rings (SSSR count). The van der Waals surface area contributed by atoms with Crippen molar-refractivity contribution in [3.63, 3.8) is 0 Å². The summed E-state index contributed by atoms with van der Waals surface area (Å²) in [6.45, 7) is 0. The molecule has 0 aromatic heterocycles. The van der Waals surface area contributed by atoms with Gasteiger partial charge in [0.25, 0.3) is 6.43 Å². The second-order valence-corrected chi connectivity index (χ2v) is 1.59. The van der Waals surface area contributed by atoms with Crippen molar-refractivity contribution in [3.8, 4) is 12.3 Å². The molecule has 1 aliphatic rings. The van der Waals surface area contributed by atoms with E-state index < -0.39 is 12.1 Å². The van der Waals surface area contributed by atoms with Crippen molar-refractivity contribution in [2.45, 2.75) is 6.43 Å². The molecule has 0 atom stereocenters. The first-order valence-corrected chi connectivity index (χ1v) is 2.48. The number of terminal acetylenes is 1. The number of hydrogen-bond donors (Lipinski definition) is 0. The van der Waals surface area contributed by atoms with Crippen molar-refractivity contribution in [1.29, 1.82) is 0 Å². The zero-order valence-corrected chi connectivity index (χ0v) is 4.88. The summed E-state index contributed by atoms with van der Waals surface area (Å²) in [5, 5.41) is 3.14. The summed E-state index contributed by atoms with van der Waals surface area (Å²) < 4.78 is 23.7. The zero-order chi connectivity index (χ0) is 7.56. The fourth-order valence-corrected chi connectivity index (χ4v) is 0.541. The second-order valence-electron chi connectivity index (χ2n) is 1.59. The van der Waals surface area contributed by atoms with Gasteiger partial charge in [-0.3, -0.25) is 0 Å². The predicted octanol–water partition coefficient (Wildman–Crippen LogP) is 0.743. The maximum absolute atomic E-state index is 11.8. The van der Waals surface area contributed by atoms with Crippen LogP contribution in [-0.4, -0.2) is 12.1 Å². The highest BCUT2D eigenvalue weighted by atomic mass is 19.3. The average molecular weight is 141 g/mol. The van der Waals surface area contributed by atoms with E-state index in [9.17, 15) is 8.78 Å². The van der Waals surface area contributed by atoms with Gasteiger partial charge in [-0.15, -0.1) is 11.5 Å². The van der Waals surface area contributed by atoms with Crippen molar-refractivity contribution < 1.29 is 8.78 Å². The SMILES string of the molecule is C#CC1=C[N]N=C1C(F)F. The van der Waals surface area contributed by atoms with Gasteiger partial charge >= 0.3 is 0 Å². The molecule has 0 unspecified atom stereocenters. The topological polar surface area (TPSA) is 26.5 Å². The summed E-state index contributed by atoms with van der Waals surface area (Å²) in [7, 11) is 0. The monoisotopic (exact) mass is 141 g/mol. The van der Waals surface area contributed by atoms with E-state index in [0.717, 1.165) is 6.20 Å². The normalized spacial score (nSPS) is 15.8. The Labute approximate surface area is 56.6 Å². The minimum Gasteiger partial charge on any atom is -0.203 e. The van der Waals surface area contributed by atoms with Gasteiger partial charge in [0.2, 0.25) is 0 Å². The summed E-state index contributed by atoms with van der Waals surface area (Å²) in [5.41, 5.74) is 2.89. The van der Waals surface area contributed by atoms with Gasteiger partial charge in [0.1, 0.15) is 5.71 Å². The molecule has 0 aromatic carbocycles. The van der Waals surface area contributed by atoms with Gasteiger partial charge in [-0.1, -0.05) is 5.92 Å². The van der Waals surface area contributed by atoms with E-state index in [4.69, 9.17) is 6.42 Å². The van der Waals surface area contributed by atoms with Crippen molar-refractivity contribution in [1.82, 2.24) is 5.43 Å². The van der Waals surface area contributed by atoms with Crippen LogP contribution < -0.4 is 5.43 Å². The average Bonchev–Trinajstić information content (AvgIpc) is 2.33. The molecule has 1 aliphatic heterocycles. The maximum atomic E-state index is 11.8. The fourth-order valence-electron chi connectivity index (χ4n) is 0.541. The number of hydrogen-bond acceptors (Lipinski definition) is 1. The van der Waals surface area contributed by atoms with Crippen molar-refractivity contribution in [2.75, 3.05) is 0 Å². The molecule has 0 bridgehead atoms. The highest BCUT2D eigenvalue weighted by molar-refractivity contribution is 6.06. The van der Waals surface area contributed by atoms with E-state index in [0.29, 0.717) is 0 Å². The van der Waals surface area contributed by atoms with E-state index in [1.165, 1.54) is 0 Å². The molecule has 51 valence electrons. The standard InChI is InChI=1S/C6H3F2N2/c1-2-4-3-9-10-5(4)6(7)8/h1,3,6H. The van der Waals surface area contributed by atoms with Crippen LogP contribution in [0.1, 0.15) is 0 Å².